The molecular formula is C23H21N5O2. The molecule has 0 spiro atoms. The minimum atomic E-state index is -0.634. The third-order valence-corrected chi connectivity index (χ3v) is 5.75. The van der Waals surface area contributed by atoms with Gasteiger partial charge in [-0.1, -0.05) is 35.4 Å². The van der Waals surface area contributed by atoms with Gasteiger partial charge in [0.1, 0.15) is 11.3 Å². The number of para-hydroxylation sites is 1. The first-order chi connectivity index (χ1) is 14.7. The quantitative estimate of drug-likeness (QED) is 0.300. The number of aliphatic hydroxyl groups excluding tert-OH is 1. The number of benzene rings is 2. The van der Waals surface area contributed by atoms with Crippen molar-refractivity contribution in [2.24, 2.45) is 5.11 Å². The molecule has 4 aromatic rings. The lowest BCUT2D eigenvalue weighted by molar-refractivity contribution is 0.0501. The molecule has 0 bridgehead atoms. The van der Waals surface area contributed by atoms with Crippen molar-refractivity contribution in [3.63, 3.8) is 0 Å². The Balaban J connectivity index is 1.45. The zero-order valence-electron chi connectivity index (χ0n) is 16.3. The summed E-state index contributed by atoms with van der Waals surface area (Å²) in [6.45, 7) is 2.00. The van der Waals surface area contributed by atoms with E-state index in [0.29, 0.717) is 13.0 Å². The fraction of sp³-hybridized carbons (Fsp3) is 0.261. The maximum absolute atomic E-state index is 10.3. The minimum Gasteiger partial charge on any atom is -0.456 e. The van der Waals surface area contributed by atoms with Crippen molar-refractivity contribution in [1.29, 1.82) is 0 Å². The molecule has 2 atom stereocenters. The van der Waals surface area contributed by atoms with Crippen LogP contribution in [0, 0.1) is 0 Å². The summed E-state index contributed by atoms with van der Waals surface area (Å²) < 4.78 is 6.08. The average molecular weight is 399 g/mol. The Morgan fingerprint density at radius 1 is 1.17 bits per heavy atom. The van der Waals surface area contributed by atoms with Gasteiger partial charge in [-0.05, 0) is 47.6 Å². The lowest BCUT2D eigenvalue weighted by Gasteiger charge is -2.33. The minimum absolute atomic E-state index is 0.339. The van der Waals surface area contributed by atoms with Gasteiger partial charge in [0.15, 0.2) is 0 Å². The number of furan rings is 1. The summed E-state index contributed by atoms with van der Waals surface area (Å²) in [6.07, 6.45) is 3.73. The summed E-state index contributed by atoms with van der Waals surface area (Å²) in [5.41, 5.74) is 11.6. The van der Waals surface area contributed by atoms with Crippen LogP contribution in [0.3, 0.4) is 0 Å². The van der Waals surface area contributed by atoms with Crippen molar-refractivity contribution in [2.75, 3.05) is 13.1 Å². The SMILES string of the molecule is [N-]=[N+]=N[C@@H]1CCN(Cc2ccc3cncc(-c4cc5ccccc5o4)c3c2)C[C@H]1O. The first-order valence-corrected chi connectivity index (χ1v) is 10.0. The van der Waals surface area contributed by atoms with Crippen molar-refractivity contribution in [1.82, 2.24) is 9.88 Å². The molecule has 0 amide bonds. The maximum atomic E-state index is 10.3. The summed E-state index contributed by atoms with van der Waals surface area (Å²) >= 11 is 0. The molecule has 7 heteroatoms. The molecule has 0 aliphatic carbocycles. The number of likely N-dealkylation sites (tertiary alicyclic amines) is 1. The van der Waals surface area contributed by atoms with Crippen LogP contribution in [0.2, 0.25) is 0 Å². The second-order valence-corrected chi connectivity index (χ2v) is 7.75. The molecule has 30 heavy (non-hydrogen) atoms. The lowest BCUT2D eigenvalue weighted by Crippen LogP contribution is -2.45. The number of nitrogens with zero attached hydrogens (tertiary/aromatic N) is 5. The van der Waals surface area contributed by atoms with Gasteiger partial charge in [-0.15, -0.1) is 0 Å². The number of azide groups is 1. The summed E-state index contributed by atoms with van der Waals surface area (Å²) in [4.78, 5) is 9.43. The molecule has 1 saturated heterocycles. The zero-order valence-corrected chi connectivity index (χ0v) is 16.3. The summed E-state index contributed by atoms with van der Waals surface area (Å²) in [7, 11) is 0. The fourth-order valence-electron chi connectivity index (χ4n) is 4.21. The Labute approximate surface area is 173 Å². The molecule has 0 unspecified atom stereocenters. The number of pyridine rings is 1. The Bertz CT molecular complexity index is 1230. The van der Waals surface area contributed by atoms with E-state index >= 15 is 0 Å². The van der Waals surface area contributed by atoms with E-state index in [1.165, 1.54) is 0 Å². The number of piperidine rings is 1. The summed E-state index contributed by atoms with van der Waals surface area (Å²) in [6, 6.07) is 16.0. The highest BCUT2D eigenvalue weighted by molar-refractivity contribution is 5.97. The fourth-order valence-corrected chi connectivity index (χ4v) is 4.21. The third-order valence-electron chi connectivity index (χ3n) is 5.75. The van der Waals surface area contributed by atoms with Crippen molar-refractivity contribution in [3.8, 4) is 11.3 Å². The Kier molecular flexibility index (Phi) is 4.85. The Morgan fingerprint density at radius 2 is 2.07 bits per heavy atom. The molecule has 0 radical (unpaired) electrons. The van der Waals surface area contributed by atoms with Gasteiger partial charge in [-0.25, -0.2) is 0 Å². The predicted molar refractivity (Wildman–Crippen MR) is 116 cm³/mol. The average Bonchev–Trinajstić information content (AvgIpc) is 3.19. The lowest BCUT2D eigenvalue weighted by atomic mass is 10.00. The van der Waals surface area contributed by atoms with E-state index in [0.717, 1.165) is 51.7 Å². The molecule has 2 aromatic heterocycles. The highest BCUT2D eigenvalue weighted by Crippen LogP contribution is 2.33. The number of fused-ring (bicyclic) bond motifs is 2. The van der Waals surface area contributed by atoms with E-state index in [9.17, 15) is 5.11 Å². The van der Waals surface area contributed by atoms with Gasteiger partial charge in [0.25, 0.3) is 0 Å². The van der Waals surface area contributed by atoms with E-state index < -0.39 is 6.10 Å². The molecule has 7 nitrogen and oxygen atoms in total. The summed E-state index contributed by atoms with van der Waals surface area (Å²) in [5, 5.41) is 17.2. The van der Waals surface area contributed by atoms with Crippen LogP contribution in [0.4, 0.5) is 0 Å². The normalized spacial score (nSPS) is 19.8. The van der Waals surface area contributed by atoms with Crippen LogP contribution in [0.25, 0.3) is 43.5 Å². The predicted octanol–water partition coefficient (Wildman–Crippen LogP) is 4.89. The molecular weight excluding hydrogens is 378 g/mol. The van der Waals surface area contributed by atoms with Crippen molar-refractivity contribution in [3.05, 3.63) is 76.9 Å². The van der Waals surface area contributed by atoms with E-state index in [1.807, 2.05) is 36.7 Å². The number of aliphatic hydroxyl groups is 1. The van der Waals surface area contributed by atoms with Crippen LogP contribution in [-0.2, 0) is 6.54 Å². The second kappa shape index (κ2) is 7.80. The topological polar surface area (TPSA) is 98.3 Å². The van der Waals surface area contributed by atoms with Gasteiger partial charge < -0.3 is 9.52 Å². The van der Waals surface area contributed by atoms with Crippen LogP contribution >= 0.6 is 0 Å². The van der Waals surface area contributed by atoms with E-state index in [1.54, 1.807) is 0 Å². The van der Waals surface area contributed by atoms with Crippen molar-refractivity contribution in [2.45, 2.75) is 25.1 Å². The van der Waals surface area contributed by atoms with Crippen LogP contribution in [0.5, 0.6) is 0 Å². The molecule has 3 heterocycles. The van der Waals surface area contributed by atoms with Crippen molar-refractivity contribution >= 4 is 21.7 Å². The molecule has 1 N–H and O–H groups in total. The number of hydrogen-bond acceptors (Lipinski definition) is 5. The molecule has 2 aromatic carbocycles. The van der Waals surface area contributed by atoms with Gasteiger partial charge in [-0.2, -0.15) is 0 Å². The molecule has 1 aliphatic heterocycles. The molecule has 5 rings (SSSR count). The number of β-amino-alcohol motifs (C(OH)–C–C–N with tert-alkyl or cyclic N) is 1. The number of hydrogen-bond donors (Lipinski definition) is 1. The van der Waals surface area contributed by atoms with Crippen LogP contribution in [0.1, 0.15) is 12.0 Å². The monoisotopic (exact) mass is 399 g/mol. The second-order valence-electron chi connectivity index (χ2n) is 7.75. The number of aromatic nitrogens is 1. The molecule has 1 fully saturated rings. The van der Waals surface area contributed by atoms with E-state index in [-0.39, 0.29) is 6.04 Å². The van der Waals surface area contributed by atoms with Gasteiger partial charge in [0.05, 0.1) is 12.1 Å². The molecule has 0 saturated carbocycles. The maximum Gasteiger partial charge on any atom is 0.137 e. The van der Waals surface area contributed by atoms with Gasteiger partial charge in [0.2, 0.25) is 0 Å². The first-order valence-electron chi connectivity index (χ1n) is 10.0. The highest BCUT2D eigenvalue weighted by Gasteiger charge is 2.26. The van der Waals surface area contributed by atoms with E-state index in [4.69, 9.17) is 9.95 Å². The van der Waals surface area contributed by atoms with Gasteiger partial charge in [-0.3, -0.25) is 9.88 Å². The van der Waals surface area contributed by atoms with Crippen molar-refractivity contribution < 1.29 is 9.52 Å². The van der Waals surface area contributed by atoms with Gasteiger partial charge in [0, 0.05) is 46.7 Å². The number of rotatable bonds is 4. The zero-order chi connectivity index (χ0) is 20.5. The third kappa shape index (κ3) is 3.50. The van der Waals surface area contributed by atoms with Crippen LogP contribution < -0.4 is 0 Å². The van der Waals surface area contributed by atoms with Crippen LogP contribution in [-0.4, -0.2) is 40.2 Å². The standard InChI is InChI=1S/C23H21N5O2/c24-27-26-20-7-8-28(14-21(20)29)13-15-5-6-17-11-25-12-19(18(17)9-15)23-10-16-3-1-2-4-22(16)30-23/h1-6,9-12,20-21,29H,7-8,13-14H2/t20-,21-/m1/s1. The summed E-state index contributed by atoms with van der Waals surface area (Å²) in [5.74, 6) is 0.803. The Hall–Kier alpha value is -3.38. The van der Waals surface area contributed by atoms with Crippen LogP contribution in [0.15, 0.2) is 70.5 Å². The Morgan fingerprint density at radius 3 is 2.90 bits per heavy atom. The van der Waals surface area contributed by atoms with E-state index in [2.05, 4.69) is 44.2 Å². The molecule has 1 aliphatic rings. The smallest absolute Gasteiger partial charge is 0.137 e. The molecule has 150 valence electrons. The highest BCUT2D eigenvalue weighted by atomic mass is 16.3. The van der Waals surface area contributed by atoms with Gasteiger partial charge >= 0.3 is 0 Å². The largest absolute Gasteiger partial charge is 0.456 e. The first kappa shape index (κ1) is 18.6.